The van der Waals surface area contributed by atoms with Crippen molar-refractivity contribution in [2.75, 3.05) is 0 Å². The molecule has 3 heteroatoms. The van der Waals surface area contributed by atoms with Crippen LogP contribution in [0.15, 0.2) is 30.3 Å². The molecule has 0 saturated heterocycles. The summed E-state index contributed by atoms with van der Waals surface area (Å²) in [7, 11) is 0. The average molecular weight is 342 g/mol. The third kappa shape index (κ3) is 3.01. The molecule has 1 atom stereocenters. The van der Waals surface area contributed by atoms with Crippen LogP contribution in [0.1, 0.15) is 32.6 Å². The highest BCUT2D eigenvalue weighted by Gasteiger charge is 2.14. The third-order valence-electron chi connectivity index (χ3n) is 3.23. The Labute approximate surface area is 126 Å². The number of halogens is 3. The number of alkyl halides is 1. The van der Waals surface area contributed by atoms with Crippen molar-refractivity contribution < 1.29 is 4.39 Å². The summed E-state index contributed by atoms with van der Waals surface area (Å²) in [6.07, 6.45) is 0. The van der Waals surface area contributed by atoms with Crippen molar-refractivity contribution in [3.8, 4) is 0 Å². The first-order valence-corrected chi connectivity index (χ1v) is 7.36. The van der Waals surface area contributed by atoms with Crippen LogP contribution in [0.4, 0.5) is 4.39 Å². The van der Waals surface area contributed by atoms with Crippen LogP contribution in [-0.2, 0) is 0 Å². The van der Waals surface area contributed by atoms with Crippen LogP contribution in [0.25, 0.3) is 0 Å². The van der Waals surface area contributed by atoms with E-state index in [1.807, 2.05) is 31.2 Å². The predicted octanol–water partition coefficient (Wildman–Crippen LogP) is 5.89. The minimum atomic E-state index is -0.129. The molecule has 2 aromatic rings. The van der Waals surface area contributed by atoms with E-state index in [4.69, 9.17) is 11.6 Å². The molecule has 0 amide bonds. The van der Waals surface area contributed by atoms with Gasteiger partial charge in [0.15, 0.2) is 0 Å². The van der Waals surface area contributed by atoms with E-state index in [2.05, 4.69) is 22.0 Å². The molecule has 0 aliphatic heterocycles. The Balaban J connectivity index is 2.43. The molecule has 0 fully saturated rings. The zero-order chi connectivity index (χ0) is 14.2. The summed E-state index contributed by atoms with van der Waals surface area (Å²) in [6.45, 7) is 5.56. The van der Waals surface area contributed by atoms with E-state index >= 15 is 0 Å². The molecular formula is C16H15BrClF. The molecule has 0 saturated carbocycles. The average Bonchev–Trinajstić information content (AvgIpc) is 2.37. The molecule has 2 rings (SSSR count). The van der Waals surface area contributed by atoms with Crippen LogP contribution in [0.2, 0.25) is 5.02 Å². The van der Waals surface area contributed by atoms with Gasteiger partial charge in [-0.3, -0.25) is 0 Å². The maximum Gasteiger partial charge on any atom is 0.129 e. The summed E-state index contributed by atoms with van der Waals surface area (Å²) in [6, 6.07) is 9.69. The molecular weight excluding hydrogens is 327 g/mol. The van der Waals surface area contributed by atoms with Gasteiger partial charge in [-0.15, -0.1) is 0 Å². The molecule has 0 aromatic heterocycles. The fourth-order valence-corrected chi connectivity index (χ4v) is 2.81. The third-order valence-corrected chi connectivity index (χ3v) is 4.71. The van der Waals surface area contributed by atoms with Crippen molar-refractivity contribution >= 4 is 27.5 Å². The van der Waals surface area contributed by atoms with Crippen molar-refractivity contribution in [3.63, 3.8) is 0 Å². The van der Waals surface area contributed by atoms with E-state index in [0.29, 0.717) is 11.1 Å². The molecule has 0 radical (unpaired) electrons. The molecule has 0 N–H and O–H groups in total. The summed E-state index contributed by atoms with van der Waals surface area (Å²) >= 11 is 9.72. The van der Waals surface area contributed by atoms with Crippen molar-refractivity contribution in [1.29, 1.82) is 0 Å². The van der Waals surface area contributed by atoms with Gasteiger partial charge in [0.25, 0.3) is 0 Å². The Hall–Kier alpha value is -0.860. The van der Waals surface area contributed by atoms with Crippen molar-refractivity contribution in [2.24, 2.45) is 0 Å². The van der Waals surface area contributed by atoms with E-state index in [1.54, 1.807) is 13.8 Å². The summed E-state index contributed by atoms with van der Waals surface area (Å²) in [5.74, 6) is -0.129. The number of aryl methyl sites for hydroxylation is 3. The van der Waals surface area contributed by atoms with Crippen LogP contribution < -0.4 is 0 Å². The van der Waals surface area contributed by atoms with Crippen molar-refractivity contribution in [3.05, 3.63) is 69.0 Å². The second kappa shape index (κ2) is 5.64. The smallest absolute Gasteiger partial charge is 0.129 e. The Morgan fingerprint density at radius 1 is 0.947 bits per heavy atom. The number of benzene rings is 2. The SMILES string of the molecule is Cc1cc(C(Br)c2cc(C)c(F)c(C)c2)ccc1Cl. The van der Waals surface area contributed by atoms with E-state index < -0.39 is 0 Å². The van der Waals surface area contributed by atoms with E-state index in [9.17, 15) is 4.39 Å². The summed E-state index contributed by atoms with van der Waals surface area (Å²) in [5.41, 5.74) is 4.56. The summed E-state index contributed by atoms with van der Waals surface area (Å²) < 4.78 is 13.7. The van der Waals surface area contributed by atoms with E-state index in [-0.39, 0.29) is 10.6 Å². The molecule has 0 nitrogen and oxygen atoms in total. The van der Waals surface area contributed by atoms with Crippen LogP contribution >= 0.6 is 27.5 Å². The normalized spacial score (nSPS) is 12.5. The van der Waals surface area contributed by atoms with Crippen LogP contribution in [0, 0.1) is 26.6 Å². The van der Waals surface area contributed by atoms with Gasteiger partial charge in [0, 0.05) is 5.02 Å². The number of rotatable bonds is 2. The molecule has 0 heterocycles. The Kier molecular flexibility index (Phi) is 4.32. The predicted molar refractivity (Wildman–Crippen MR) is 82.8 cm³/mol. The maximum absolute atomic E-state index is 13.7. The highest BCUT2D eigenvalue weighted by molar-refractivity contribution is 9.09. The second-order valence-electron chi connectivity index (χ2n) is 4.84. The Morgan fingerprint density at radius 3 is 2.00 bits per heavy atom. The molecule has 0 bridgehead atoms. The largest absolute Gasteiger partial charge is 0.206 e. The first kappa shape index (κ1) is 14.5. The van der Waals surface area contributed by atoms with Gasteiger partial charge in [0.05, 0.1) is 4.83 Å². The van der Waals surface area contributed by atoms with Crippen LogP contribution in [0.3, 0.4) is 0 Å². The Morgan fingerprint density at radius 2 is 1.47 bits per heavy atom. The standard InChI is InChI=1S/C16H15BrClF/c1-9-6-12(4-5-14(9)18)15(17)13-7-10(2)16(19)11(3)8-13/h4-8,15H,1-3H3. The summed E-state index contributed by atoms with van der Waals surface area (Å²) in [4.78, 5) is 0.0430. The zero-order valence-electron chi connectivity index (χ0n) is 11.1. The molecule has 0 aliphatic carbocycles. The first-order chi connectivity index (χ1) is 8.90. The first-order valence-electron chi connectivity index (χ1n) is 6.07. The number of hydrogen-bond donors (Lipinski definition) is 0. The topological polar surface area (TPSA) is 0 Å². The molecule has 1 unspecified atom stereocenters. The van der Waals surface area contributed by atoms with Gasteiger partial charge in [-0.05, 0) is 54.7 Å². The lowest BCUT2D eigenvalue weighted by Gasteiger charge is -2.14. The van der Waals surface area contributed by atoms with Gasteiger partial charge in [0.2, 0.25) is 0 Å². The maximum atomic E-state index is 13.7. The van der Waals surface area contributed by atoms with E-state index in [0.717, 1.165) is 21.7 Å². The molecule has 19 heavy (non-hydrogen) atoms. The molecule has 2 aromatic carbocycles. The molecule has 0 spiro atoms. The zero-order valence-corrected chi connectivity index (χ0v) is 13.4. The lowest BCUT2D eigenvalue weighted by Crippen LogP contribution is -1.98. The highest BCUT2D eigenvalue weighted by Crippen LogP contribution is 2.34. The Bertz CT molecular complexity index is 599. The number of hydrogen-bond acceptors (Lipinski definition) is 0. The minimum Gasteiger partial charge on any atom is -0.206 e. The quantitative estimate of drug-likeness (QED) is 0.598. The van der Waals surface area contributed by atoms with Crippen LogP contribution in [0.5, 0.6) is 0 Å². The van der Waals surface area contributed by atoms with Gasteiger partial charge in [0.1, 0.15) is 5.82 Å². The van der Waals surface area contributed by atoms with Crippen molar-refractivity contribution in [1.82, 2.24) is 0 Å². The van der Waals surface area contributed by atoms with E-state index in [1.165, 1.54) is 0 Å². The minimum absolute atomic E-state index is 0.0430. The van der Waals surface area contributed by atoms with Crippen molar-refractivity contribution in [2.45, 2.75) is 25.6 Å². The molecule has 0 aliphatic rings. The highest BCUT2D eigenvalue weighted by atomic mass is 79.9. The van der Waals surface area contributed by atoms with Gasteiger partial charge >= 0.3 is 0 Å². The van der Waals surface area contributed by atoms with Gasteiger partial charge in [-0.2, -0.15) is 0 Å². The van der Waals surface area contributed by atoms with Crippen LogP contribution in [-0.4, -0.2) is 0 Å². The van der Waals surface area contributed by atoms with Gasteiger partial charge in [-0.25, -0.2) is 4.39 Å². The monoisotopic (exact) mass is 340 g/mol. The van der Waals surface area contributed by atoms with Gasteiger partial charge < -0.3 is 0 Å². The fourth-order valence-electron chi connectivity index (χ4n) is 2.14. The second-order valence-corrected chi connectivity index (χ2v) is 6.16. The lowest BCUT2D eigenvalue weighted by molar-refractivity contribution is 0.608. The molecule has 100 valence electrons. The summed E-state index contributed by atoms with van der Waals surface area (Å²) in [5, 5.41) is 0.759. The fraction of sp³-hybridized carbons (Fsp3) is 0.250. The van der Waals surface area contributed by atoms with Gasteiger partial charge in [-0.1, -0.05) is 51.8 Å². The lowest BCUT2D eigenvalue weighted by atomic mass is 9.99.